The van der Waals surface area contributed by atoms with Crippen LogP contribution in [0.25, 0.3) is 0 Å². The molecule has 3 aromatic carbocycles. The number of benzene rings is 3. The fourth-order valence-corrected chi connectivity index (χ4v) is 5.57. The quantitative estimate of drug-likeness (QED) is 0.325. The fourth-order valence-electron chi connectivity index (χ4n) is 3.87. The van der Waals surface area contributed by atoms with Crippen LogP contribution in [0, 0.1) is 12.7 Å². The van der Waals surface area contributed by atoms with E-state index in [2.05, 4.69) is 5.32 Å². The van der Waals surface area contributed by atoms with Crippen molar-refractivity contribution in [2.75, 3.05) is 10.8 Å². The van der Waals surface area contributed by atoms with Crippen molar-refractivity contribution in [1.82, 2.24) is 10.2 Å². The Labute approximate surface area is 244 Å². The third-order valence-electron chi connectivity index (χ3n) is 6.04. The summed E-state index contributed by atoms with van der Waals surface area (Å²) in [7, 11) is -4.28. The van der Waals surface area contributed by atoms with E-state index >= 15 is 0 Å². The summed E-state index contributed by atoms with van der Waals surface area (Å²) in [6.07, 6.45) is 0. The monoisotopic (exact) mass is 607 g/mol. The van der Waals surface area contributed by atoms with Crippen molar-refractivity contribution in [3.8, 4) is 0 Å². The summed E-state index contributed by atoms with van der Waals surface area (Å²) in [6, 6.07) is 15.2. The smallest absolute Gasteiger partial charge is 0.264 e. The molecule has 3 rings (SSSR count). The van der Waals surface area contributed by atoms with Crippen LogP contribution in [0.2, 0.25) is 10.0 Å². The maximum Gasteiger partial charge on any atom is 0.264 e. The van der Waals surface area contributed by atoms with Gasteiger partial charge in [0.15, 0.2) is 0 Å². The van der Waals surface area contributed by atoms with Crippen LogP contribution in [-0.2, 0) is 26.2 Å². The second kappa shape index (κ2) is 12.6. The predicted molar refractivity (Wildman–Crippen MR) is 156 cm³/mol. The number of hydrogen-bond acceptors (Lipinski definition) is 4. The number of halogens is 3. The Morgan fingerprint density at radius 2 is 1.60 bits per heavy atom. The van der Waals surface area contributed by atoms with Crippen LogP contribution in [0.5, 0.6) is 0 Å². The molecule has 0 radical (unpaired) electrons. The first-order valence-corrected chi connectivity index (χ1v) is 14.7. The fraction of sp³-hybridized carbons (Fsp3) is 0.310. The minimum Gasteiger partial charge on any atom is -0.350 e. The average Bonchev–Trinajstić information content (AvgIpc) is 2.87. The van der Waals surface area contributed by atoms with Crippen LogP contribution in [0.1, 0.15) is 38.8 Å². The molecular formula is C29H32Cl2FN3O4S. The van der Waals surface area contributed by atoms with Crippen molar-refractivity contribution in [2.24, 2.45) is 0 Å². The normalized spacial score (nSPS) is 12.5. The summed E-state index contributed by atoms with van der Waals surface area (Å²) in [5.41, 5.74) is 0.527. The van der Waals surface area contributed by atoms with Gasteiger partial charge in [-0.3, -0.25) is 13.9 Å². The summed E-state index contributed by atoms with van der Waals surface area (Å²) < 4.78 is 43.2. The Bertz CT molecular complexity index is 1490. The number of carbonyl (C=O) groups excluding carboxylic acids is 2. The molecule has 0 spiro atoms. The minimum atomic E-state index is -4.28. The van der Waals surface area contributed by atoms with E-state index in [-0.39, 0.29) is 32.7 Å². The predicted octanol–water partition coefficient (Wildman–Crippen LogP) is 5.97. The zero-order valence-corrected chi connectivity index (χ0v) is 25.2. The number of nitrogens with zero attached hydrogens (tertiary/aromatic N) is 2. The molecule has 3 aromatic rings. The molecule has 0 aliphatic heterocycles. The largest absolute Gasteiger partial charge is 0.350 e. The van der Waals surface area contributed by atoms with Gasteiger partial charge in [0.2, 0.25) is 11.8 Å². The Morgan fingerprint density at radius 1 is 0.975 bits per heavy atom. The van der Waals surface area contributed by atoms with E-state index in [0.29, 0.717) is 0 Å². The lowest BCUT2D eigenvalue weighted by molar-refractivity contribution is -0.140. The molecule has 2 amide bonds. The SMILES string of the molecule is Cc1ccc(S(=O)(=O)N(CC(=O)N(Cc2ccccc2F)[C@H](C)C(=O)NC(C)(C)C)c2ccc(Cl)c(Cl)c2)cc1. The zero-order valence-electron chi connectivity index (χ0n) is 22.9. The number of anilines is 1. The second-order valence-electron chi connectivity index (χ2n) is 10.5. The standard InChI is InChI=1S/C29H32Cl2FN3O4S/c1-19-10-13-23(14-11-19)40(38,39)35(22-12-15-24(30)25(31)16-22)18-27(36)34(17-21-8-6-7-9-26(21)32)20(2)28(37)33-29(3,4)5/h6-16,20H,17-18H2,1-5H3,(H,33,37)/t20-/m1/s1. The molecule has 0 aliphatic carbocycles. The first kappa shape index (κ1) is 31.4. The molecular weight excluding hydrogens is 576 g/mol. The molecule has 0 bridgehead atoms. The molecule has 0 fully saturated rings. The van der Waals surface area contributed by atoms with Crippen molar-refractivity contribution < 1.29 is 22.4 Å². The van der Waals surface area contributed by atoms with Crippen LogP contribution in [0.4, 0.5) is 10.1 Å². The van der Waals surface area contributed by atoms with Gasteiger partial charge in [-0.15, -0.1) is 0 Å². The van der Waals surface area contributed by atoms with Gasteiger partial charge in [-0.2, -0.15) is 0 Å². The topological polar surface area (TPSA) is 86.8 Å². The van der Waals surface area contributed by atoms with Crippen LogP contribution >= 0.6 is 23.2 Å². The molecule has 1 atom stereocenters. The van der Waals surface area contributed by atoms with Crippen LogP contribution < -0.4 is 9.62 Å². The van der Waals surface area contributed by atoms with Gasteiger partial charge in [0.1, 0.15) is 18.4 Å². The van der Waals surface area contributed by atoms with Gasteiger partial charge in [-0.05, 0) is 71.0 Å². The van der Waals surface area contributed by atoms with Crippen LogP contribution in [0.3, 0.4) is 0 Å². The minimum absolute atomic E-state index is 0.0452. The number of carbonyl (C=O) groups is 2. The molecule has 0 aromatic heterocycles. The van der Waals surface area contributed by atoms with Crippen molar-refractivity contribution in [2.45, 2.75) is 57.6 Å². The maximum absolute atomic E-state index is 14.6. The number of nitrogens with one attached hydrogen (secondary N) is 1. The summed E-state index contributed by atoms with van der Waals surface area (Å²) in [6.45, 7) is 7.77. The average molecular weight is 609 g/mol. The summed E-state index contributed by atoms with van der Waals surface area (Å²) in [5, 5.41) is 3.13. The van der Waals surface area contributed by atoms with Crippen molar-refractivity contribution in [3.05, 3.63) is 93.7 Å². The molecule has 214 valence electrons. The van der Waals surface area contributed by atoms with E-state index in [0.717, 1.165) is 14.8 Å². The Morgan fingerprint density at radius 3 is 2.17 bits per heavy atom. The van der Waals surface area contributed by atoms with E-state index in [1.54, 1.807) is 39.0 Å². The van der Waals surface area contributed by atoms with Gasteiger partial charge in [-0.1, -0.05) is 59.1 Å². The Hall–Kier alpha value is -3.14. The number of aryl methyl sites for hydroxylation is 1. The first-order chi connectivity index (χ1) is 18.6. The molecule has 0 saturated heterocycles. The molecule has 1 N–H and O–H groups in total. The van der Waals surface area contributed by atoms with Gasteiger partial charge in [-0.25, -0.2) is 12.8 Å². The molecule has 7 nitrogen and oxygen atoms in total. The van der Waals surface area contributed by atoms with Crippen molar-refractivity contribution in [1.29, 1.82) is 0 Å². The third-order valence-corrected chi connectivity index (χ3v) is 8.57. The Kier molecular flexibility index (Phi) is 9.87. The van der Waals surface area contributed by atoms with Crippen LogP contribution in [0.15, 0.2) is 71.6 Å². The van der Waals surface area contributed by atoms with E-state index in [9.17, 15) is 22.4 Å². The molecule has 11 heteroatoms. The first-order valence-electron chi connectivity index (χ1n) is 12.5. The third kappa shape index (κ3) is 7.74. The van der Waals surface area contributed by atoms with Gasteiger partial charge in [0, 0.05) is 17.6 Å². The molecule has 0 aliphatic rings. The van der Waals surface area contributed by atoms with E-state index < -0.39 is 45.8 Å². The van der Waals surface area contributed by atoms with Crippen molar-refractivity contribution >= 4 is 50.7 Å². The number of hydrogen-bond donors (Lipinski definition) is 1. The van der Waals surface area contributed by atoms with E-state index in [4.69, 9.17) is 23.2 Å². The summed E-state index contributed by atoms with van der Waals surface area (Å²) in [4.78, 5) is 28.1. The number of sulfonamides is 1. The lowest BCUT2D eigenvalue weighted by atomic mass is 10.1. The molecule has 0 heterocycles. The number of rotatable bonds is 9. The van der Waals surface area contributed by atoms with Crippen LogP contribution in [-0.4, -0.2) is 43.3 Å². The van der Waals surface area contributed by atoms with Gasteiger partial charge in [0.25, 0.3) is 10.0 Å². The lowest BCUT2D eigenvalue weighted by Gasteiger charge is -2.33. The second-order valence-corrected chi connectivity index (χ2v) is 13.1. The molecule has 0 unspecified atom stereocenters. The van der Waals surface area contributed by atoms with Crippen molar-refractivity contribution in [3.63, 3.8) is 0 Å². The number of amides is 2. The highest BCUT2D eigenvalue weighted by atomic mass is 35.5. The Balaban J connectivity index is 2.08. The highest BCUT2D eigenvalue weighted by molar-refractivity contribution is 7.92. The van der Waals surface area contributed by atoms with Gasteiger partial charge >= 0.3 is 0 Å². The van der Waals surface area contributed by atoms with E-state index in [1.165, 1.54) is 55.5 Å². The molecule has 40 heavy (non-hydrogen) atoms. The zero-order chi connectivity index (χ0) is 29.8. The lowest BCUT2D eigenvalue weighted by Crippen LogP contribution is -2.54. The van der Waals surface area contributed by atoms with Gasteiger partial charge in [0.05, 0.1) is 20.6 Å². The summed E-state index contributed by atoms with van der Waals surface area (Å²) in [5.74, 6) is -1.75. The van der Waals surface area contributed by atoms with E-state index in [1.807, 2.05) is 6.92 Å². The highest BCUT2D eigenvalue weighted by Crippen LogP contribution is 2.31. The van der Waals surface area contributed by atoms with Gasteiger partial charge < -0.3 is 10.2 Å². The maximum atomic E-state index is 14.6. The highest BCUT2D eigenvalue weighted by Gasteiger charge is 2.34. The molecule has 0 saturated carbocycles. The summed E-state index contributed by atoms with van der Waals surface area (Å²) >= 11 is 12.3.